The Kier molecular flexibility index (Phi) is 2.81. The largest absolute Gasteiger partial charge is 0.394 e. The third-order valence-electron chi connectivity index (χ3n) is 1.56. The Morgan fingerprint density at radius 1 is 1.67 bits per heavy atom. The van der Waals surface area contributed by atoms with E-state index >= 15 is 0 Å². The first-order valence-corrected chi connectivity index (χ1v) is 3.57. The highest BCUT2D eigenvalue weighted by Gasteiger charge is 2.03. The van der Waals surface area contributed by atoms with Gasteiger partial charge >= 0.3 is 0 Å². The van der Waals surface area contributed by atoms with Crippen LogP contribution in [0.2, 0.25) is 0 Å². The van der Waals surface area contributed by atoms with E-state index in [9.17, 15) is 0 Å². The maximum Gasteiger partial charge on any atom is 0.112 e. The number of terminal acetylenes is 1. The van der Waals surface area contributed by atoms with E-state index in [1.165, 1.54) is 0 Å². The smallest absolute Gasteiger partial charge is 0.112 e. The number of rotatable bonds is 2. The molecule has 0 fully saturated rings. The molecule has 1 heterocycles. The van der Waals surface area contributed by atoms with Crippen molar-refractivity contribution in [3.63, 3.8) is 0 Å². The number of aromatic nitrogens is 1. The van der Waals surface area contributed by atoms with Crippen LogP contribution in [0.4, 0.5) is 0 Å². The summed E-state index contributed by atoms with van der Waals surface area (Å²) in [4.78, 5) is 3.94. The van der Waals surface area contributed by atoms with Crippen molar-refractivity contribution in [3.05, 3.63) is 29.6 Å². The number of hydrogen-bond donors (Lipinski definition) is 2. The van der Waals surface area contributed by atoms with Gasteiger partial charge in [-0.1, -0.05) is 12.0 Å². The third kappa shape index (κ3) is 1.82. The van der Waals surface area contributed by atoms with Gasteiger partial charge in [0.1, 0.15) is 5.69 Å². The maximum absolute atomic E-state index is 8.72. The second-order valence-corrected chi connectivity index (χ2v) is 2.41. The van der Waals surface area contributed by atoms with Crippen molar-refractivity contribution in [1.82, 2.24) is 4.98 Å². The molecule has 1 unspecified atom stereocenters. The van der Waals surface area contributed by atoms with Crippen LogP contribution in [0.5, 0.6) is 0 Å². The van der Waals surface area contributed by atoms with Crippen LogP contribution in [0.15, 0.2) is 18.3 Å². The van der Waals surface area contributed by atoms with Crippen molar-refractivity contribution in [3.8, 4) is 12.3 Å². The molecule has 0 radical (unpaired) electrons. The summed E-state index contributed by atoms with van der Waals surface area (Å²) in [6, 6.07) is 3.10. The minimum Gasteiger partial charge on any atom is -0.394 e. The van der Waals surface area contributed by atoms with Gasteiger partial charge in [0.15, 0.2) is 0 Å². The number of aliphatic hydroxyl groups excluding tert-OH is 1. The van der Waals surface area contributed by atoms with E-state index < -0.39 is 0 Å². The van der Waals surface area contributed by atoms with Gasteiger partial charge in [-0.15, -0.1) is 6.42 Å². The summed E-state index contributed by atoms with van der Waals surface area (Å²) >= 11 is 0. The first-order chi connectivity index (χ1) is 5.77. The fourth-order valence-electron chi connectivity index (χ4n) is 0.815. The molecule has 1 aromatic heterocycles. The molecule has 1 atom stereocenters. The van der Waals surface area contributed by atoms with Crippen molar-refractivity contribution in [2.24, 2.45) is 5.73 Å². The summed E-state index contributed by atoms with van der Waals surface area (Å²) in [5.74, 6) is 2.40. The van der Waals surface area contributed by atoms with Gasteiger partial charge in [-0.3, -0.25) is 0 Å². The summed E-state index contributed by atoms with van der Waals surface area (Å²) in [6.07, 6.45) is 6.69. The molecule has 0 aliphatic rings. The van der Waals surface area contributed by atoms with Crippen LogP contribution in [0, 0.1) is 12.3 Å². The Balaban J connectivity index is 2.86. The number of pyridine rings is 1. The summed E-state index contributed by atoms with van der Waals surface area (Å²) < 4.78 is 0. The average molecular weight is 162 g/mol. The van der Waals surface area contributed by atoms with Gasteiger partial charge in [0, 0.05) is 6.20 Å². The zero-order valence-corrected chi connectivity index (χ0v) is 6.57. The molecule has 0 saturated heterocycles. The van der Waals surface area contributed by atoms with Crippen LogP contribution < -0.4 is 5.73 Å². The molecule has 1 aromatic rings. The van der Waals surface area contributed by atoms with Crippen LogP contribution in [0.1, 0.15) is 17.3 Å². The molecule has 0 amide bonds. The van der Waals surface area contributed by atoms with E-state index in [-0.39, 0.29) is 12.6 Å². The zero-order chi connectivity index (χ0) is 8.97. The van der Waals surface area contributed by atoms with Gasteiger partial charge < -0.3 is 10.8 Å². The molecule has 1 rings (SSSR count). The van der Waals surface area contributed by atoms with Gasteiger partial charge in [0.05, 0.1) is 12.6 Å². The lowest BCUT2D eigenvalue weighted by Gasteiger charge is -2.06. The first-order valence-electron chi connectivity index (χ1n) is 3.57. The Morgan fingerprint density at radius 3 is 2.83 bits per heavy atom. The summed E-state index contributed by atoms with van der Waals surface area (Å²) in [6.45, 7) is -0.0862. The summed E-state index contributed by atoms with van der Waals surface area (Å²) in [5.41, 5.74) is 6.91. The quantitative estimate of drug-likeness (QED) is 0.604. The van der Waals surface area contributed by atoms with Gasteiger partial charge in [0.25, 0.3) is 0 Å². The highest BCUT2D eigenvalue weighted by molar-refractivity contribution is 5.27. The Morgan fingerprint density at radius 2 is 2.42 bits per heavy atom. The molecule has 3 nitrogen and oxygen atoms in total. The van der Waals surface area contributed by atoms with E-state index in [1.54, 1.807) is 18.3 Å². The Hall–Kier alpha value is -1.37. The predicted octanol–water partition coefficient (Wildman–Crippen LogP) is 0.0550. The van der Waals surface area contributed by atoms with Crippen LogP contribution in [0.25, 0.3) is 0 Å². The van der Waals surface area contributed by atoms with Gasteiger partial charge in [0.2, 0.25) is 0 Å². The van der Waals surface area contributed by atoms with E-state index in [4.69, 9.17) is 17.3 Å². The fraction of sp³-hybridized carbons (Fsp3) is 0.222. The molecular weight excluding hydrogens is 152 g/mol. The van der Waals surface area contributed by atoms with Gasteiger partial charge in [-0.2, -0.15) is 0 Å². The molecule has 3 heteroatoms. The topological polar surface area (TPSA) is 59.1 Å². The molecule has 12 heavy (non-hydrogen) atoms. The molecule has 0 spiro atoms. The standard InChI is InChI=1S/C9H10N2O/c1-2-8-4-3-7(5-11-8)9(10)6-12/h1,3-5,9,12H,6,10H2. The van der Waals surface area contributed by atoms with E-state index in [0.717, 1.165) is 5.56 Å². The molecule has 0 aromatic carbocycles. The molecule has 3 N–H and O–H groups in total. The van der Waals surface area contributed by atoms with Crippen molar-refractivity contribution in [2.45, 2.75) is 6.04 Å². The second-order valence-electron chi connectivity index (χ2n) is 2.41. The SMILES string of the molecule is C#Cc1ccc(C(N)CO)cn1. The molecule has 62 valence electrons. The summed E-state index contributed by atoms with van der Waals surface area (Å²) in [7, 11) is 0. The lowest BCUT2D eigenvalue weighted by Crippen LogP contribution is -2.14. The van der Waals surface area contributed by atoms with Gasteiger partial charge in [-0.25, -0.2) is 4.98 Å². The lowest BCUT2D eigenvalue weighted by molar-refractivity contribution is 0.268. The van der Waals surface area contributed by atoms with Crippen molar-refractivity contribution >= 4 is 0 Å². The van der Waals surface area contributed by atoms with Crippen LogP contribution in [-0.4, -0.2) is 16.7 Å². The van der Waals surface area contributed by atoms with Crippen LogP contribution >= 0.6 is 0 Å². The van der Waals surface area contributed by atoms with Crippen LogP contribution in [0.3, 0.4) is 0 Å². The molecule has 0 aliphatic heterocycles. The number of hydrogen-bond acceptors (Lipinski definition) is 3. The number of nitrogens with zero attached hydrogens (tertiary/aromatic N) is 1. The van der Waals surface area contributed by atoms with Crippen molar-refractivity contribution < 1.29 is 5.11 Å². The number of nitrogens with two attached hydrogens (primary N) is 1. The maximum atomic E-state index is 8.72. The normalized spacial score (nSPS) is 12.1. The van der Waals surface area contributed by atoms with Crippen molar-refractivity contribution in [1.29, 1.82) is 0 Å². The Labute approximate surface area is 71.2 Å². The second kappa shape index (κ2) is 3.86. The highest BCUT2D eigenvalue weighted by atomic mass is 16.3. The monoisotopic (exact) mass is 162 g/mol. The van der Waals surface area contributed by atoms with E-state index in [1.807, 2.05) is 0 Å². The molecule has 0 saturated carbocycles. The predicted molar refractivity (Wildman–Crippen MR) is 46.2 cm³/mol. The van der Waals surface area contributed by atoms with E-state index in [2.05, 4.69) is 10.9 Å². The molecule has 0 aliphatic carbocycles. The zero-order valence-electron chi connectivity index (χ0n) is 6.57. The van der Waals surface area contributed by atoms with Gasteiger partial charge in [-0.05, 0) is 11.6 Å². The highest BCUT2D eigenvalue weighted by Crippen LogP contribution is 2.07. The molecular formula is C9H10N2O. The third-order valence-corrected chi connectivity index (χ3v) is 1.56. The molecule has 0 bridgehead atoms. The lowest BCUT2D eigenvalue weighted by atomic mass is 10.1. The first kappa shape index (κ1) is 8.72. The minimum atomic E-state index is -0.371. The summed E-state index contributed by atoms with van der Waals surface area (Å²) in [5, 5.41) is 8.72. The number of aliphatic hydroxyl groups is 1. The van der Waals surface area contributed by atoms with Crippen molar-refractivity contribution in [2.75, 3.05) is 6.61 Å². The average Bonchev–Trinajstić information content (AvgIpc) is 2.17. The van der Waals surface area contributed by atoms with E-state index in [0.29, 0.717) is 5.69 Å². The minimum absolute atomic E-state index is 0.0862. The fourth-order valence-corrected chi connectivity index (χ4v) is 0.815. The Bertz CT molecular complexity index is 286. The van der Waals surface area contributed by atoms with Crippen LogP contribution in [-0.2, 0) is 0 Å².